The molecule has 1 fully saturated rings. The van der Waals surface area contributed by atoms with Gasteiger partial charge in [-0.1, -0.05) is 83.9 Å². The number of aliphatic hydroxyl groups excluding tert-OH is 2. The smallest absolute Gasteiger partial charge is 0.373 e. The Kier molecular flexibility index (Phi) is 16.8. The van der Waals surface area contributed by atoms with Crippen molar-refractivity contribution in [1.29, 1.82) is 0 Å². The van der Waals surface area contributed by atoms with E-state index in [-0.39, 0.29) is 35.9 Å². The fraction of sp³-hybridized carbons (Fsp3) is 0.667. The average molecular weight is 720 g/mol. The molecule has 2 aliphatic heterocycles. The van der Waals surface area contributed by atoms with Crippen LogP contribution >= 0.6 is 0 Å². The first-order valence-corrected chi connectivity index (χ1v) is 17.7. The Morgan fingerprint density at radius 3 is 2.29 bits per heavy atom. The van der Waals surface area contributed by atoms with Gasteiger partial charge in [0.1, 0.15) is 18.3 Å². The minimum absolute atomic E-state index is 0.0408. The zero-order valence-corrected chi connectivity index (χ0v) is 32.1. The topological polar surface area (TPSA) is 184 Å². The number of allylic oxidation sites excluding steroid dienone is 5. The number of cyclic esters (lactones) is 1. The van der Waals surface area contributed by atoms with Crippen LogP contribution in [0, 0.1) is 35.5 Å². The maximum Gasteiger partial charge on any atom is 0.373 e. The fourth-order valence-corrected chi connectivity index (χ4v) is 7.01. The highest BCUT2D eigenvalue weighted by molar-refractivity contribution is 5.93. The van der Waals surface area contributed by atoms with Crippen LogP contribution in [0.15, 0.2) is 59.4 Å². The molecule has 1 saturated heterocycles. The Labute approximate surface area is 303 Å². The standard InChI is InChI=1S/C39H61NO11/c1-21(2)36-26(7)31(49-33(42)16-15-32(40)41)20-39(46,51-36)28(9)35(44)27(8)37-29(47-10)14-12-13-22(3)17-24(5)34(43)25(6)18-23(4)19-30(48-11)38(45)50-37/h12-16,18-19,21,24-29,31,34-37,43-44,46H,17,20H2,1-11H3,(H2,40,41)/b14-12+,16-15+,22-13+,23-18-,30-19-/t24-,25+,26-,27-,28-,29-,31+,34-,35+,36+,37+,39+/m0/s1. The predicted molar refractivity (Wildman–Crippen MR) is 192 cm³/mol. The van der Waals surface area contributed by atoms with E-state index in [0.717, 1.165) is 17.7 Å². The van der Waals surface area contributed by atoms with Crippen LogP contribution in [0.5, 0.6) is 0 Å². The monoisotopic (exact) mass is 719 g/mol. The van der Waals surface area contributed by atoms with Crippen molar-refractivity contribution in [2.24, 2.45) is 41.2 Å². The van der Waals surface area contributed by atoms with E-state index in [4.69, 9.17) is 29.4 Å². The molecule has 12 atom stereocenters. The third-order valence-corrected chi connectivity index (χ3v) is 10.1. The number of hydrogen-bond donors (Lipinski definition) is 4. The van der Waals surface area contributed by atoms with Gasteiger partial charge in [0.15, 0.2) is 5.79 Å². The van der Waals surface area contributed by atoms with Gasteiger partial charge in [0, 0.05) is 49.4 Å². The molecule has 0 radical (unpaired) electrons. The molecule has 0 aromatic carbocycles. The number of aliphatic hydroxyl groups is 3. The van der Waals surface area contributed by atoms with Crippen LogP contribution in [0.2, 0.25) is 0 Å². The lowest BCUT2D eigenvalue weighted by molar-refractivity contribution is -0.329. The zero-order chi connectivity index (χ0) is 38.8. The number of amides is 1. The normalized spacial score (nSPS) is 37.1. The Hall–Kier alpha value is -3.29. The second kappa shape index (κ2) is 19.5. The van der Waals surface area contributed by atoms with Gasteiger partial charge in [0.05, 0.1) is 25.4 Å². The largest absolute Gasteiger partial charge is 0.490 e. The molecule has 0 spiro atoms. The van der Waals surface area contributed by atoms with Crippen LogP contribution in [-0.4, -0.2) is 89.8 Å². The summed E-state index contributed by atoms with van der Waals surface area (Å²) >= 11 is 0. The number of carbonyl (C=O) groups is 3. The molecule has 0 aliphatic carbocycles. The van der Waals surface area contributed by atoms with Gasteiger partial charge in [-0.25, -0.2) is 9.59 Å². The minimum atomic E-state index is -1.97. The second-order valence-corrected chi connectivity index (χ2v) is 14.7. The molecule has 0 aromatic heterocycles. The number of primary amides is 1. The van der Waals surface area contributed by atoms with E-state index in [1.165, 1.54) is 20.3 Å². The maximum absolute atomic E-state index is 13.6. The number of rotatable bonds is 10. The van der Waals surface area contributed by atoms with E-state index in [9.17, 15) is 29.7 Å². The number of ether oxygens (including phenoxy) is 5. The average Bonchev–Trinajstić information content (AvgIpc) is 3.06. The number of hydrogen-bond acceptors (Lipinski definition) is 11. The van der Waals surface area contributed by atoms with E-state index in [1.54, 1.807) is 32.9 Å². The molecule has 2 rings (SSSR count). The molecule has 0 saturated carbocycles. The SMILES string of the molecule is CO/C1=C\C(C)=C/[C@@H](C)[C@@H](O)[C@@H](C)C/C(C)=C/C=C/[C@H](OC)[C@@H]([C@@H](C)[C@@H](O)[C@H](C)[C@@]2(O)C[C@@H](OC(=O)/C=C/C(N)=O)[C@H](C)[C@@H](C(C)C)O2)OC1=O. The van der Waals surface area contributed by atoms with Crippen molar-refractivity contribution < 1.29 is 53.4 Å². The zero-order valence-electron chi connectivity index (χ0n) is 32.1. The summed E-state index contributed by atoms with van der Waals surface area (Å²) in [6.45, 7) is 16.6. The maximum atomic E-state index is 13.6. The predicted octanol–water partition coefficient (Wildman–Crippen LogP) is 4.29. The lowest BCUT2D eigenvalue weighted by Gasteiger charge is -2.50. The summed E-state index contributed by atoms with van der Waals surface area (Å²) < 4.78 is 29.2. The van der Waals surface area contributed by atoms with Crippen molar-refractivity contribution in [3.8, 4) is 0 Å². The van der Waals surface area contributed by atoms with Crippen molar-refractivity contribution >= 4 is 17.8 Å². The summed E-state index contributed by atoms with van der Waals surface area (Å²) in [7, 11) is 2.82. The van der Waals surface area contributed by atoms with E-state index >= 15 is 0 Å². The molecule has 12 nitrogen and oxygen atoms in total. The molecular weight excluding hydrogens is 658 g/mol. The first-order chi connectivity index (χ1) is 23.8. The summed E-state index contributed by atoms with van der Waals surface area (Å²) in [6.07, 6.45) is 5.90. The molecule has 288 valence electrons. The number of nitrogens with two attached hydrogens (primary N) is 1. The Bertz CT molecular complexity index is 1350. The van der Waals surface area contributed by atoms with E-state index in [2.05, 4.69) is 0 Å². The van der Waals surface area contributed by atoms with Crippen molar-refractivity contribution in [1.82, 2.24) is 0 Å². The quantitative estimate of drug-likeness (QED) is 0.187. The second-order valence-electron chi connectivity index (χ2n) is 14.7. The Balaban J connectivity index is 2.55. The summed E-state index contributed by atoms with van der Waals surface area (Å²) in [5.74, 6) is -6.96. The van der Waals surface area contributed by atoms with Crippen LogP contribution in [0.4, 0.5) is 0 Å². The van der Waals surface area contributed by atoms with Gasteiger partial charge in [0.2, 0.25) is 11.7 Å². The molecule has 1 amide bonds. The fourth-order valence-electron chi connectivity index (χ4n) is 7.01. The third kappa shape index (κ3) is 12.1. The molecule has 51 heavy (non-hydrogen) atoms. The van der Waals surface area contributed by atoms with Gasteiger partial charge >= 0.3 is 11.9 Å². The van der Waals surface area contributed by atoms with Gasteiger partial charge in [-0.05, 0) is 38.2 Å². The highest BCUT2D eigenvalue weighted by Crippen LogP contribution is 2.42. The van der Waals surface area contributed by atoms with Gasteiger partial charge in [0.25, 0.3) is 0 Å². The molecule has 0 unspecified atom stereocenters. The van der Waals surface area contributed by atoms with Crippen LogP contribution < -0.4 is 5.73 Å². The third-order valence-electron chi connectivity index (χ3n) is 10.1. The van der Waals surface area contributed by atoms with Crippen LogP contribution in [0.1, 0.15) is 75.2 Å². The molecule has 2 heterocycles. The first-order valence-electron chi connectivity index (χ1n) is 17.7. The summed E-state index contributed by atoms with van der Waals surface area (Å²) in [5, 5.41) is 34.9. The molecule has 0 bridgehead atoms. The van der Waals surface area contributed by atoms with E-state index in [1.807, 2.05) is 53.7 Å². The summed E-state index contributed by atoms with van der Waals surface area (Å²) in [6, 6.07) is 0. The summed E-state index contributed by atoms with van der Waals surface area (Å²) in [4.78, 5) is 37.4. The molecule has 5 N–H and O–H groups in total. The van der Waals surface area contributed by atoms with Gasteiger partial charge in [-0.2, -0.15) is 0 Å². The first kappa shape index (κ1) is 43.9. The number of methoxy groups -OCH3 is 2. The van der Waals surface area contributed by atoms with Crippen molar-refractivity contribution in [3.05, 3.63) is 59.4 Å². The molecule has 0 aromatic rings. The highest BCUT2D eigenvalue weighted by atomic mass is 16.6. The number of esters is 2. The summed E-state index contributed by atoms with van der Waals surface area (Å²) in [5.41, 5.74) is 6.84. The van der Waals surface area contributed by atoms with Crippen molar-refractivity contribution in [3.63, 3.8) is 0 Å². The Morgan fingerprint density at radius 2 is 1.73 bits per heavy atom. The molecule has 12 heteroatoms. The lowest BCUT2D eigenvalue weighted by atomic mass is 9.76. The molecule has 2 aliphatic rings. The van der Waals surface area contributed by atoms with Crippen LogP contribution in [0.3, 0.4) is 0 Å². The van der Waals surface area contributed by atoms with Crippen LogP contribution in [-0.2, 0) is 38.1 Å². The lowest BCUT2D eigenvalue weighted by Crippen LogP contribution is -2.59. The minimum Gasteiger partial charge on any atom is -0.490 e. The van der Waals surface area contributed by atoms with E-state index in [0.29, 0.717) is 12.0 Å². The number of carbonyl (C=O) groups excluding carboxylic acids is 3. The van der Waals surface area contributed by atoms with Crippen molar-refractivity contribution in [2.75, 3.05) is 14.2 Å². The van der Waals surface area contributed by atoms with Crippen LogP contribution in [0.25, 0.3) is 0 Å². The van der Waals surface area contributed by atoms with Gasteiger partial charge in [-0.15, -0.1) is 0 Å². The Morgan fingerprint density at radius 1 is 1.08 bits per heavy atom. The van der Waals surface area contributed by atoms with Crippen molar-refractivity contribution in [2.45, 2.75) is 118 Å². The molecular formula is C39H61NO11. The highest BCUT2D eigenvalue weighted by Gasteiger charge is 2.53. The van der Waals surface area contributed by atoms with E-state index < -0.39 is 72.1 Å². The van der Waals surface area contributed by atoms with Gasteiger partial charge in [-0.3, -0.25) is 4.79 Å². The van der Waals surface area contributed by atoms with Gasteiger partial charge < -0.3 is 44.7 Å².